The molecular formula is C11H18N2O2S2. The van der Waals surface area contributed by atoms with Crippen molar-refractivity contribution in [1.82, 2.24) is 9.62 Å². The van der Waals surface area contributed by atoms with E-state index in [1.165, 1.54) is 0 Å². The summed E-state index contributed by atoms with van der Waals surface area (Å²) in [7, 11) is 0.442. The van der Waals surface area contributed by atoms with Gasteiger partial charge in [-0.15, -0.1) is 11.8 Å². The number of benzene rings is 1. The Morgan fingerprint density at radius 3 is 2.29 bits per heavy atom. The molecule has 0 amide bonds. The van der Waals surface area contributed by atoms with E-state index in [-0.39, 0.29) is 0 Å². The molecule has 4 nitrogen and oxygen atoms in total. The maximum absolute atomic E-state index is 11.9. The van der Waals surface area contributed by atoms with Crippen molar-refractivity contribution in [3.05, 3.63) is 24.3 Å². The zero-order valence-electron chi connectivity index (χ0n) is 10.3. The van der Waals surface area contributed by atoms with E-state index in [9.17, 15) is 8.42 Å². The summed E-state index contributed by atoms with van der Waals surface area (Å²) in [5.74, 6) is 0. The van der Waals surface area contributed by atoms with Crippen molar-refractivity contribution in [2.45, 2.75) is 9.79 Å². The second kappa shape index (κ2) is 6.39. The molecule has 96 valence electrons. The van der Waals surface area contributed by atoms with Crippen LogP contribution in [0, 0.1) is 0 Å². The van der Waals surface area contributed by atoms with Gasteiger partial charge in [0, 0.05) is 18.0 Å². The predicted molar refractivity (Wildman–Crippen MR) is 72.0 cm³/mol. The van der Waals surface area contributed by atoms with Crippen LogP contribution in [0.15, 0.2) is 34.1 Å². The fourth-order valence-electron chi connectivity index (χ4n) is 1.24. The second-order valence-electron chi connectivity index (χ2n) is 3.88. The van der Waals surface area contributed by atoms with Gasteiger partial charge in [0.25, 0.3) is 0 Å². The third kappa shape index (κ3) is 4.67. The van der Waals surface area contributed by atoms with Gasteiger partial charge in [0.15, 0.2) is 0 Å². The van der Waals surface area contributed by atoms with E-state index in [2.05, 4.69) is 4.72 Å². The largest absolute Gasteiger partial charge is 0.308 e. The highest BCUT2D eigenvalue weighted by Crippen LogP contribution is 2.17. The lowest BCUT2D eigenvalue weighted by atomic mass is 10.4. The number of likely N-dealkylation sites (N-methyl/N-ethyl adjacent to an activating group) is 1. The highest BCUT2D eigenvalue weighted by Gasteiger charge is 2.12. The van der Waals surface area contributed by atoms with Crippen molar-refractivity contribution in [3.63, 3.8) is 0 Å². The maximum Gasteiger partial charge on any atom is 0.240 e. The van der Waals surface area contributed by atoms with Gasteiger partial charge in [-0.1, -0.05) is 0 Å². The smallest absolute Gasteiger partial charge is 0.240 e. The minimum atomic E-state index is -3.37. The van der Waals surface area contributed by atoms with Crippen LogP contribution in [0.25, 0.3) is 0 Å². The summed E-state index contributed by atoms with van der Waals surface area (Å²) < 4.78 is 26.3. The van der Waals surface area contributed by atoms with Crippen molar-refractivity contribution in [1.29, 1.82) is 0 Å². The molecule has 1 N–H and O–H groups in total. The van der Waals surface area contributed by atoms with E-state index in [0.29, 0.717) is 18.0 Å². The predicted octanol–water partition coefficient (Wildman–Crippen LogP) is 1.25. The summed E-state index contributed by atoms with van der Waals surface area (Å²) in [4.78, 5) is 3.30. The Bertz CT molecular complexity index is 441. The third-order valence-corrected chi connectivity index (χ3v) is 4.44. The Morgan fingerprint density at radius 1 is 1.24 bits per heavy atom. The lowest BCUT2D eigenvalue weighted by Gasteiger charge is -2.11. The van der Waals surface area contributed by atoms with Crippen LogP contribution in [-0.2, 0) is 10.0 Å². The topological polar surface area (TPSA) is 49.4 Å². The normalized spacial score (nSPS) is 12.0. The first kappa shape index (κ1) is 14.5. The van der Waals surface area contributed by atoms with Crippen molar-refractivity contribution in [2.75, 3.05) is 33.4 Å². The van der Waals surface area contributed by atoms with Gasteiger partial charge in [-0.05, 0) is 44.6 Å². The molecule has 0 radical (unpaired) electrons. The van der Waals surface area contributed by atoms with Gasteiger partial charge in [0.05, 0.1) is 4.90 Å². The highest BCUT2D eigenvalue weighted by atomic mass is 32.2. The molecule has 0 spiro atoms. The van der Waals surface area contributed by atoms with Gasteiger partial charge in [0.2, 0.25) is 10.0 Å². The second-order valence-corrected chi connectivity index (χ2v) is 6.52. The van der Waals surface area contributed by atoms with Crippen LogP contribution in [0.3, 0.4) is 0 Å². The molecule has 1 rings (SSSR count). The zero-order valence-corrected chi connectivity index (χ0v) is 11.9. The van der Waals surface area contributed by atoms with Crippen LogP contribution in [0.2, 0.25) is 0 Å². The first-order chi connectivity index (χ1) is 7.95. The molecule has 1 aromatic rings. The molecule has 0 saturated carbocycles. The molecule has 0 heterocycles. The molecule has 0 aliphatic carbocycles. The molecule has 0 atom stereocenters. The number of hydrogen-bond acceptors (Lipinski definition) is 4. The Labute approximate surface area is 107 Å². The molecule has 0 aliphatic rings. The molecule has 0 aliphatic heterocycles. The first-order valence-corrected chi connectivity index (χ1v) is 7.95. The fourth-order valence-corrected chi connectivity index (χ4v) is 2.67. The van der Waals surface area contributed by atoms with Gasteiger partial charge < -0.3 is 4.90 Å². The van der Waals surface area contributed by atoms with E-state index in [1.54, 1.807) is 23.9 Å². The monoisotopic (exact) mass is 274 g/mol. The van der Waals surface area contributed by atoms with Crippen molar-refractivity contribution in [3.8, 4) is 0 Å². The summed E-state index contributed by atoms with van der Waals surface area (Å²) in [5, 5.41) is 0. The Balaban J connectivity index is 2.68. The summed E-state index contributed by atoms with van der Waals surface area (Å²) in [5.41, 5.74) is 0. The first-order valence-electron chi connectivity index (χ1n) is 5.24. The number of rotatable bonds is 6. The van der Waals surface area contributed by atoms with Gasteiger partial charge in [-0.2, -0.15) is 0 Å². The van der Waals surface area contributed by atoms with Gasteiger partial charge >= 0.3 is 0 Å². The van der Waals surface area contributed by atoms with Crippen LogP contribution in [0.5, 0.6) is 0 Å². The number of nitrogens with one attached hydrogen (secondary N) is 1. The van der Waals surface area contributed by atoms with Gasteiger partial charge in [0.1, 0.15) is 0 Å². The van der Waals surface area contributed by atoms with Gasteiger partial charge in [-0.3, -0.25) is 0 Å². The molecule has 0 unspecified atom stereocenters. The van der Waals surface area contributed by atoms with Gasteiger partial charge in [-0.25, -0.2) is 13.1 Å². The minimum Gasteiger partial charge on any atom is -0.308 e. The Kier molecular flexibility index (Phi) is 5.45. The average molecular weight is 274 g/mol. The van der Waals surface area contributed by atoms with Crippen molar-refractivity contribution >= 4 is 21.8 Å². The number of sulfonamides is 1. The molecular weight excluding hydrogens is 256 g/mol. The Hall–Kier alpha value is -0.560. The minimum absolute atomic E-state index is 0.314. The van der Waals surface area contributed by atoms with Crippen molar-refractivity contribution < 1.29 is 8.42 Å². The lowest BCUT2D eigenvalue weighted by Crippen LogP contribution is -2.31. The van der Waals surface area contributed by atoms with E-state index in [1.807, 2.05) is 37.4 Å². The van der Waals surface area contributed by atoms with E-state index < -0.39 is 10.0 Å². The van der Waals surface area contributed by atoms with Crippen LogP contribution in [-0.4, -0.2) is 46.8 Å². The Morgan fingerprint density at radius 2 is 1.82 bits per heavy atom. The molecule has 0 fully saturated rings. The summed E-state index contributed by atoms with van der Waals surface area (Å²) in [6, 6.07) is 6.88. The standard InChI is InChI=1S/C11H18N2O2S2/c1-13(2)9-8-12-17(14,15)11-6-4-10(16-3)5-7-11/h4-7,12H,8-9H2,1-3H3. The van der Waals surface area contributed by atoms with E-state index in [0.717, 1.165) is 4.90 Å². The number of thioether (sulfide) groups is 1. The molecule has 17 heavy (non-hydrogen) atoms. The average Bonchev–Trinajstić information content (AvgIpc) is 2.28. The summed E-state index contributed by atoms with van der Waals surface area (Å²) >= 11 is 1.59. The van der Waals surface area contributed by atoms with Crippen LogP contribution in [0.1, 0.15) is 0 Å². The fraction of sp³-hybridized carbons (Fsp3) is 0.455. The van der Waals surface area contributed by atoms with E-state index >= 15 is 0 Å². The lowest BCUT2D eigenvalue weighted by molar-refractivity contribution is 0.412. The molecule has 0 bridgehead atoms. The van der Waals surface area contributed by atoms with Crippen LogP contribution in [0.4, 0.5) is 0 Å². The number of nitrogens with zero attached hydrogens (tertiary/aromatic N) is 1. The molecule has 1 aromatic carbocycles. The highest BCUT2D eigenvalue weighted by molar-refractivity contribution is 7.98. The maximum atomic E-state index is 11.9. The van der Waals surface area contributed by atoms with Crippen molar-refractivity contribution in [2.24, 2.45) is 0 Å². The zero-order chi connectivity index (χ0) is 12.9. The molecule has 0 saturated heterocycles. The van der Waals surface area contributed by atoms with Crippen LogP contribution < -0.4 is 4.72 Å². The molecule has 0 aromatic heterocycles. The summed E-state index contributed by atoms with van der Waals surface area (Å²) in [6.45, 7) is 1.10. The quantitative estimate of drug-likeness (QED) is 0.793. The number of hydrogen-bond donors (Lipinski definition) is 1. The SMILES string of the molecule is CSc1ccc(S(=O)(=O)NCCN(C)C)cc1. The van der Waals surface area contributed by atoms with E-state index in [4.69, 9.17) is 0 Å². The summed E-state index contributed by atoms with van der Waals surface area (Å²) in [6.07, 6.45) is 1.96. The van der Waals surface area contributed by atoms with Crippen LogP contribution >= 0.6 is 11.8 Å². The molecule has 6 heteroatoms. The third-order valence-electron chi connectivity index (χ3n) is 2.22.